The van der Waals surface area contributed by atoms with Crippen LogP contribution in [-0.2, 0) is 11.3 Å². The van der Waals surface area contributed by atoms with Gasteiger partial charge in [0.15, 0.2) is 5.13 Å². The fourth-order valence-electron chi connectivity index (χ4n) is 1.47. The minimum Gasteiger partial charge on any atom is -0.383 e. The standard InChI is InChI=1S/C12H23N3OS2/c1-10(9-17-4)15(2)12-14-8-11(18-12)7-13-5-6-16-3/h8,10,13H,5-7,9H2,1-4H3. The molecule has 0 spiro atoms. The SMILES string of the molecule is COCCNCc1cnc(N(C)C(C)CSC)s1. The summed E-state index contributed by atoms with van der Waals surface area (Å²) in [6.45, 7) is 4.72. The van der Waals surface area contributed by atoms with Gasteiger partial charge in [-0.1, -0.05) is 0 Å². The van der Waals surface area contributed by atoms with Crippen molar-refractivity contribution in [2.24, 2.45) is 0 Å². The molecule has 0 aliphatic heterocycles. The lowest BCUT2D eigenvalue weighted by Crippen LogP contribution is -2.30. The molecule has 1 atom stereocenters. The summed E-state index contributed by atoms with van der Waals surface area (Å²) >= 11 is 3.62. The molecule has 0 saturated heterocycles. The Morgan fingerprint density at radius 1 is 1.61 bits per heavy atom. The molecule has 0 amide bonds. The lowest BCUT2D eigenvalue weighted by molar-refractivity contribution is 0.199. The quantitative estimate of drug-likeness (QED) is 0.704. The number of ether oxygens (including phenoxy) is 1. The van der Waals surface area contributed by atoms with E-state index in [0.717, 1.165) is 30.6 Å². The number of hydrogen-bond acceptors (Lipinski definition) is 6. The molecule has 0 saturated carbocycles. The summed E-state index contributed by atoms with van der Waals surface area (Å²) in [5, 5.41) is 4.43. The van der Waals surface area contributed by atoms with E-state index in [-0.39, 0.29) is 0 Å². The molecule has 6 heteroatoms. The van der Waals surface area contributed by atoms with Crippen LogP contribution < -0.4 is 10.2 Å². The van der Waals surface area contributed by atoms with Crippen LogP contribution in [0.1, 0.15) is 11.8 Å². The molecule has 18 heavy (non-hydrogen) atoms. The van der Waals surface area contributed by atoms with Crippen LogP contribution in [0.25, 0.3) is 0 Å². The molecule has 0 bridgehead atoms. The number of nitrogens with one attached hydrogen (secondary N) is 1. The molecule has 1 N–H and O–H groups in total. The minimum atomic E-state index is 0.514. The van der Waals surface area contributed by atoms with Crippen molar-refractivity contribution in [3.63, 3.8) is 0 Å². The third-order valence-corrected chi connectivity index (χ3v) is 4.60. The van der Waals surface area contributed by atoms with Crippen LogP contribution in [0, 0.1) is 0 Å². The number of methoxy groups -OCH3 is 1. The number of nitrogens with zero attached hydrogens (tertiary/aromatic N) is 2. The van der Waals surface area contributed by atoms with Crippen LogP contribution in [0.3, 0.4) is 0 Å². The van der Waals surface area contributed by atoms with Crippen molar-refractivity contribution in [2.75, 3.05) is 44.2 Å². The molecule has 1 unspecified atom stereocenters. The summed E-state index contributed by atoms with van der Waals surface area (Å²) in [5.74, 6) is 1.12. The molecule has 1 rings (SSSR count). The van der Waals surface area contributed by atoms with Gasteiger partial charge in [-0.25, -0.2) is 4.98 Å². The van der Waals surface area contributed by atoms with Crippen LogP contribution in [0.4, 0.5) is 5.13 Å². The zero-order valence-electron chi connectivity index (χ0n) is 11.6. The number of thiazole rings is 1. The highest BCUT2D eigenvalue weighted by molar-refractivity contribution is 7.98. The largest absolute Gasteiger partial charge is 0.383 e. The van der Waals surface area contributed by atoms with Gasteiger partial charge in [-0.05, 0) is 13.2 Å². The smallest absolute Gasteiger partial charge is 0.185 e. The second-order valence-corrected chi connectivity index (χ2v) is 6.20. The number of hydrogen-bond donors (Lipinski definition) is 1. The first-order valence-electron chi connectivity index (χ1n) is 6.05. The molecule has 1 aromatic heterocycles. The van der Waals surface area contributed by atoms with E-state index in [1.165, 1.54) is 4.88 Å². The summed E-state index contributed by atoms with van der Waals surface area (Å²) in [6, 6.07) is 0.514. The van der Waals surface area contributed by atoms with Crippen LogP contribution in [0.5, 0.6) is 0 Å². The molecular formula is C12H23N3OS2. The van der Waals surface area contributed by atoms with Crippen molar-refractivity contribution in [3.05, 3.63) is 11.1 Å². The van der Waals surface area contributed by atoms with Crippen LogP contribution >= 0.6 is 23.1 Å². The summed E-state index contributed by atoms with van der Waals surface area (Å²) < 4.78 is 5.00. The zero-order valence-corrected chi connectivity index (χ0v) is 13.2. The molecule has 104 valence electrons. The highest BCUT2D eigenvalue weighted by atomic mass is 32.2. The molecule has 0 radical (unpaired) electrons. The van der Waals surface area contributed by atoms with E-state index < -0.39 is 0 Å². The topological polar surface area (TPSA) is 37.4 Å². The first-order chi connectivity index (χ1) is 8.69. The van der Waals surface area contributed by atoms with Crippen LogP contribution in [-0.4, -0.2) is 50.3 Å². The summed E-state index contributed by atoms with van der Waals surface area (Å²) in [5.41, 5.74) is 0. The first kappa shape index (κ1) is 15.8. The number of rotatable bonds is 9. The predicted octanol–water partition coefficient (Wildman–Crippen LogP) is 2.07. The number of aromatic nitrogens is 1. The second kappa shape index (κ2) is 8.74. The van der Waals surface area contributed by atoms with E-state index in [2.05, 4.69) is 35.4 Å². The maximum Gasteiger partial charge on any atom is 0.185 e. The van der Waals surface area contributed by atoms with E-state index in [4.69, 9.17) is 4.74 Å². The third-order valence-electron chi connectivity index (χ3n) is 2.69. The lowest BCUT2D eigenvalue weighted by atomic mass is 10.4. The number of anilines is 1. The van der Waals surface area contributed by atoms with Crippen molar-refractivity contribution >= 4 is 28.2 Å². The Bertz CT molecular complexity index is 333. The molecular weight excluding hydrogens is 266 g/mol. The Morgan fingerprint density at radius 3 is 3.06 bits per heavy atom. The highest BCUT2D eigenvalue weighted by Crippen LogP contribution is 2.23. The van der Waals surface area contributed by atoms with Crippen molar-refractivity contribution in [3.8, 4) is 0 Å². The number of thioether (sulfide) groups is 1. The molecule has 0 aromatic carbocycles. The highest BCUT2D eigenvalue weighted by Gasteiger charge is 2.12. The van der Waals surface area contributed by atoms with Gasteiger partial charge >= 0.3 is 0 Å². The van der Waals surface area contributed by atoms with Crippen molar-refractivity contribution in [2.45, 2.75) is 19.5 Å². The Hall–Kier alpha value is -0.300. The van der Waals surface area contributed by atoms with Gasteiger partial charge in [-0.2, -0.15) is 11.8 Å². The van der Waals surface area contributed by atoms with E-state index in [9.17, 15) is 0 Å². The summed E-state index contributed by atoms with van der Waals surface area (Å²) in [4.78, 5) is 8.00. The monoisotopic (exact) mass is 289 g/mol. The van der Waals surface area contributed by atoms with Crippen molar-refractivity contribution in [1.29, 1.82) is 0 Å². The average molecular weight is 289 g/mol. The second-order valence-electron chi connectivity index (χ2n) is 4.19. The van der Waals surface area contributed by atoms with Gasteiger partial charge in [0.2, 0.25) is 0 Å². The molecule has 1 aromatic rings. The molecule has 0 aliphatic carbocycles. The summed E-state index contributed by atoms with van der Waals surface area (Å²) in [7, 11) is 3.83. The Morgan fingerprint density at radius 2 is 2.39 bits per heavy atom. The van der Waals surface area contributed by atoms with Crippen LogP contribution in [0.15, 0.2) is 6.20 Å². The van der Waals surface area contributed by atoms with Gasteiger partial charge in [0, 0.05) is 50.1 Å². The van der Waals surface area contributed by atoms with Gasteiger partial charge in [-0.15, -0.1) is 11.3 Å². The average Bonchev–Trinajstić information content (AvgIpc) is 2.83. The Labute approximate surface area is 118 Å². The fourth-order valence-corrected chi connectivity index (χ4v) is 3.12. The fraction of sp³-hybridized carbons (Fsp3) is 0.750. The Kier molecular flexibility index (Phi) is 7.65. The van der Waals surface area contributed by atoms with E-state index in [1.54, 1.807) is 18.4 Å². The molecule has 1 heterocycles. The maximum atomic E-state index is 5.00. The third kappa shape index (κ3) is 5.14. The zero-order chi connectivity index (χ0) is 13.4. The van der Waals surface area contributed by atoms with E-state index in [1.807, 2.05) is 18.0 Å². The van der Waals surface area contributed by atoms with Crippen LogP contribution in [0.2, 0.25) is 0 Å². The van der Waals surface area contributed by atoms with Gasteiger partial charge in [0.1, 0.15) is 0 Å². The maximum absolute atomic E-state index is 5.00. The molecule has 0 aliphatic rings. The van der Waals surface area contributed by atoms with Gasteiger partial charge in [0.25, 0.3) is 0 Å². The first-order valence-corrected chi connectivity index (χ1v) is 8.26. The Balaban J connectivity index is 2.41. The van der Waals surface area contributed by atoms with Gasteiger partial charge in [0.05, 0.1) is 6.61 Å². The lowest BCUT2D eigenvalue weighted by Gasteiger charge is -2.23. The summed E-state index contributed by atoms with van der Waals surface area (Å²) in [6.07, 6.45) is 4.10. The van der Waals surface area contributed by atoms with Crippen molar-refractivity contribution < 1.29 is 4.74 Å². The molecule has 4 nitrogen and oxygen atoms in total. The van der Waals surface area contributed by atoms with Gasteiger partial charge < -0.3 is 15.0 Å². The normalized spacial score (nSPS) is 12.7. The van der Waals surface area contributed by atoms with E-state index in [0.29, 0.717) is 6.04 Å². The minimum absolute atomic E-state index is 0.514. The van der Waals surface area contributed by atoms with Gasteiger partial charge in [-0.3, -0.25) is 0 Å². The van der Waals surface area contributed by atoms with Crippen molar-refractivity contribution in [1.82, 2.24) is 10.3 Å². The van der Waals surface area contributed by atoms with E-state index >= 15 is 0 Å². The molecule has 0 fully saturated rings. The predicted molar refractivity (Wildman–Crippen MR) is 81.9 cm³/mol.